The number of benzene rings is 1. The molecule has 0 radical (unpaired) electrons. The number of rotatable bonds is 3. The van der Waals surface area contributed by atoms with Crippen LogP contribution in [-0.4, -0.2) is 23.4 Å². The number of nitrogens with two attached hydrogens (primary N) is 1. The quantitative estimate of drug-likeness (QED) is 0.933. The fourth-order valence-electron chi connectivity index (χ4n) is 2.48. The molecule has 1 amide bonds. The third-order valence-electron chi connectivity index (χ3n) is 3.53. The fraction of sp³-hybridized carbons (Fsp3) is 0.500. The van der Waals surface area contributed by atoms with Crippen LogP contribution in [0.5, 0.6) is 0 Å². The van der Waals surface area contributed by atoms with E-state index in [-0.39, 0.29) is 18.0 Å². The van der Waals surface area contributed by atoms with Gasteiger partial charge in [0, 0.05) is 11.0 Å². The van der Waals surface area contributed by atoms with Gasteiger partial charge in [0.25, 0.3) is 0 Å². The molecule has 2 N–H and O–H groups in total. The van der Waals surface area contributed by atoms with E-state index in [9.17, 15) is 4.79 Å². The third-order valence-corrected chi connectivity index (χ3v) is 4.02. The van der Waals surface area contributed by atoms with Crippen LogP contribution in [0.25, 0.3) is 0 Å². The Labute approximate surface area is 116 Å². The standard InChI is InChI=1S/C14H19BrN2O/c1-2-12(16)14(18)17-8-4-7-13(17)10-5-3-6-11(15)9-10/h3,5-6,9,12-13H,2,4,7-8,16H2,1H3/t12-,13?/m1/s1. The Morgan fingerprint density at radius 1 is 1.61 bits per heavy atom. The zero-order valence-corrected chi connectivity index (χ0v) is 12.2. The number of carbonyl (C=O) groups excluding carboxylic acids is 1. The zero-order valence-electron chi connectivity index (χ0n) is 10.6. The summed E-state index contributed by atoms with van der Waals surface area (Å²) in [5.74, 6) is 0.0833. The average molecular weight is 311 g/mol. The maximum absolute atomic E-state index is 12.2. The molecule has 1 heterocycles. The van der Waals surface area contributed by atoms with Gasteiger partial charge in [0.15, 0.2) is 0 Å². The molecular formula is C14H19BrN2O. The minimum absolute atomic E-state index is 0.0833. The second-order valence-electron chi connectivity index (χ2n) is 4.76. The summed E-state index contributed by atoms with van der Waals surface area (Å²) in [6, 6.07) is 8.01. The normalized spacial score (nSPS) is 21.1. The zero-order chi connectivity index (χ0) is 13.1. The van der Waals surface area contributed by atoms with E-state index in [2.05, 4.69) is 28.1 Å². The molecule has 1 aliphatic heterocycles. The van der Waals surface area contributed by atoms with Crippen LogP contribution in [0.1, 0.15) is 37.8 Å². The van der Waals surface area contributed by atoms with E-state index in [1.54, 1.807) is 0 Å². The van der Waals surface area contributed by atoms with Crippen molar-refractivity contribution in [1.82, 2.24) is 4.90 Å². The van der Waals surface area contributed by atoms with Gasteiger partial charge < -0.3 is 10.6 Å². The number of hydrogen-bond acceptors (Lipinski definition) is 2. The molecule has 1 aromatic carbocycles. The van der Waals surface area contributed by atoms with Crippen molar-refractivity contribution in [3.8, 4) is 0 Å². The molecule has 0 spiro atoms. The van der Waals surface area contributed by atoms with Crippen molar-refractivity contribution in [3.63, 3.8) is 0 Å². The number of halogens is 1. The topological polar surface area (TPSA) is 46.3 Å². The summed E-state index contributed by atoms with van der Waals surface area (Å²) >= 11 is 3.48. The molecule has 2 atom stereocenters. The first-order valence-corrected chi connectivity index (χ1v) is 7.24. The van der Waals surface area contributed by atoms with Crippen LogP contribution in [0.15, 0.2) is 28.7 Å². The molecule has 0 aliphatic carbocycles. The first-order chi connectivity index (χ1) is 8.63. The Bertz CT molecular complexity index is 436. The van der Waals surface area contributed by atoms with Gasteiger partial charge in [-0.25, -0.2) is 0 Å². The number of hydrogen-bond donors (Lipinski definition) is 1. The van der Waals surface area contributed by atoms with Gasteiger partial charge in [-0.05, 0) is 37.0 Å². The first-order valence-electron chi connectivity index (χ1n) is 6.45. The third kappa shape index (κ3) is 2.75. The largest absolute Gasteiger partial charge is 0.334 e. The van der Waals surface area contributed by atoms with E-state index in [0.29, 0.717) is 6.42 Å². The van der Waals surface area contributed by atoms with Crippen LogP contribution in [-0.2, 0) is 4.79 Å². The van der Waals surface area contributed by atoms with Crippen LogP contribution in [0, 0.1) is 0 Å². The van der Waals surface area contributed by atoms with Gasteiger partial charge in [-0.3, -0.25) is 4.79 Å². The minimum Gasteiger partial charge on any atom is -0.334 e. The maximum atomic E-state index is 12.2. The van der Waals surface area contributed by atoms with Crippen LogP contribution < -0.4 is 5.73 Å². The van der Waals surface area contributed by atoms with E-state index in [0.717, 1.165) is 23.9 Å². The van der Waals surface area contributed by atoms with Crippen molar-refractivity contribution in [2.24, 2.45) is 5.73 Å². The molecule has 1 aromatic rings. The summed E-state index contributed by atoms with van der Waals surface area (Å²) in [4.78, 5) is 14.2. The molecule has 2 rings (SSSR count). The van der Waals surface area contributed by atoms with Gasteiger partial charge in [-0.1, -0.05) is 35.0 Å². The Balaban J connectivity index is 2.20. The van der Waals surface area contributed by atoms with Gasteiger partial charge >= 0.3 is 0 Å². The van der Waals surface area contributed by atoms with Crippen LogP contribution >= 0.6 is 15.9 Å². The monoisotopic (exact) mass is 310 g/mol. The first kappa shape index (κ1) is 13.6. The molecule has 1 saturated heterocycles. The fourth-order valence-corrected chi connectivity index (χ4v) is 2.90. The molecule has 0 saturated carbocycles. The van der Waals surface area contributed by atoms with Gasteiger partial charge in [0.1, 0.15) is 0 Å². The predicted molar refractivity (Wildman–Crippen MR) is 76.1 cm³/mol. The van der Waals surface area contributed by atoms with E-state index in [1.165, 1.54) is 5.56 Å². The Hall–Kier alpha value is -0.870. The van der Waals surface area contributed by atoms with Crippen LogP contribution in [0.3, 0.4) is 0 Å². The van der Waals surface area contributed by atoms with Gasteiger partial charge in [-0.2, -0.15) is 0 Å². The summed E-state index contributed by atoms with van der Waals surface area (Å²) in [6.45, 7) is 2.77. The summed E-state index contributed by atoms with van der Waals surface area (Å²) in [5, 5.41) is 0. The molecule has 18 heavy (non-hydrogen) atoms. The molecule has 98 valence electrons. The van der Waals surface area contributed by atoms with Crippen LogP contribution in [0.2, 0.25) is 0 Å². The second kappa shape index (κ2) is 5.85. The highest BCUT2D eigenvalue weighted by Gasteiger charge is 2.31. The average Bonchev–Trinajstić information content (AvgIpc) is 2.86. The predicted octanol–water partition coefficient (Wildman–Crippen LogP) is 2.85. The van der Waals surface area contributed by atoms with E-state index < -0.39 is 0 Å². The van der Waals surface area contributed by atoms with Crippen molar-refractivity contribution in [1.29, 1.82) is 0 Å². The lowest BCUT2D eigenvalue weighted by molar-refractivity contribution is -0.133. The smallest absolute Gasteiger partial charge is 0.239 e. The Kier molecular flexibility index (Phi) is 4.40. The molecule has 1 aliphatic rings. The summed E-state index contributed by atoms with van der Waals surface area (Å²) in [5.41, 5.74) is 7.06. The van der Waals surface area contributed by atoms with E-state index >= 15 is 0 Å². The van der Waals surface area contributed by atoms with Crippen molar-refractivity contribution in [2.45, 2.75) is 38.3 Å². The molecule has 0 bridgehead atoms. The van der Waals surface area contributed by atoms with E-state index in [1.807, 2.05) is 24.0 Å². The molecular weight excluding hydrogens is 292 g/mol. The SMILES string of the molecule is CC[C@@H](N)C(=O)N1CCCC1c1cccc(Br)c1. The number of nitrogens with zero attached hydrogens (tertiary/aromatic N) is 1. The van der Waals surface area contributed by atoms with Crippen molar-refractivity contribution >= 4 is 21.8 Å². The van der Waals surface area contributed by atoms with Crippen LogP contribution in [0.4, 0.5) is 0 Å². The highest BCUT2D eigenvalue weighted by Crippen LogP contribution is 2.33. The van der Waals surface area contributed by atoms with Gasteiger partial charge in [0.05, 0.1) is 12.1 Å². The Morgan fingerprint density at radius 2 is 2.39 bits per heavy atom. The number of carbonyl (C=O) groups is 1. The lowest BCUT2D eigenvalue weighted by atomic mass is 10.0. The summed E-state index contributed by atoms with van der Waals surface area (Å²) < 4.78 is 1.05. The van der Waals surface area contributed by atoms with Crippen molar-refractivity contribution in [3.05, 3.63) is 34.3 Å². The lowest BCUT2D eigenvalue weighted by Gasteiger charge is -2.27. The highest BCUT2D eigenvalue weighted by molar-refractivity contribution is 9.10. The summed E-state index contributed by atoms with van der Waals surface area (Å²) in [6.07, 6.45) is 2.78. The molecule has 1 unspecified atom stereocenters. The number of amides is 1. The molecule has 3 nitrogen and oxygen atoms in total. The molecule has 1 fully saturated rings. The van der Waals surface area contributed by atoms with Gasteiger partial charge in [-0.15, -0.1) is 0 Å². The molecule has 0 aromatic heterocycles. The molecule has 4 heteroatoms. The number of likely N-dealkylation sites (tertiary alicyclic amines) is 1. The second-order valence-corrected chi connectivity index (χ2v) is 5.68. The highest BCUT2D eigenvalue weighted by atomic mass is 79.9. The van der Waals surface area contributed by atoms with Crippen molar-refractivity contribution in [2.75, 3.05) is 6.54 Å². The van der Waals surface area contributed by atoms with Crippen molar-refractivity contribution < 1.29 is 4.79 Å². The lowest BCUT2D eigenvalue weighted by Crippen LogP contribution is -2.43. The van der Waals surface area contributed by atoms with E-state index in [4.69, 9.17) is 5.73 Å². The van der Waals surface area contributed by atoms with Gasteiger partial charge in [0.2, 0.25) is 5.91 Å². The summed E-state index contributed by atoms with van der Waals surface area (Å²) in [7, 11) is 0. The Morgan fingerprint density at radius 3 is 3.06 bits per heavy atom. The minimum atomic E-state index is -0.363. The maximum Gasteiger partial charge on any atom is 0.239 e.